The normalized spacial score (nSPS) is 18.9. The quantitative estimate of drug-likeness (QED) is 0.868. The van der Waals surface area contributed by atoms with Crippen molar-refractivity contribution in [1.29, 1.82) is 0 Å². The Balaban J connectivity index is 1.86. The Hall–Kier alpha value is -1.98. The molecule has 104 valence electrons. The molecule has 3 rings (SSSR count). The number of carbonyl (C=O) groups excluding carboxylic acids is 1. The molecule has 1 unspecified atom stereocenters. The number of hydrogen-bond donors (Lipinski definition) is 2. The van der Waals surface area contributed by atoms with Crippen molar-refractivity contribution in [2.24, 2.45) is 0 Å². The molecule has 1 atom stereocenters. The van der Waals surface area contributed by atoms with Crippen molar-refractivity contribution in [3.05, 3.63) is 36.0 Å². The summed E-state index contributed by atoms with van der Waals surface area (Å²) in [5, 5.41) is 7.09. The van der Waals surface area contributed by atoms with E-state index in [2.05, 4.69) is 15.6 Å². The number of pyridine rings is 1. The van der Waals surface area contributed by atoms with E-state index in [0.717, 1.165) is 22.3 Å². The molecular weight excluding hydrogens is 254 g/mol. The van der Waals surface area contributed by atoms with Crippen molar-refractivity contribution < 1.29 is 9.53 Å². The van der Waals surface area contributed by atoms with Gasteiger partial charge in [-0.15, -0.1) is 0 Å². The third kappa shape index (κ3) is 2.64. The molecule has 1 aliphatic heterocycles. The average Bonchev–Trinajstić information content (AvgIpc) is 2.49. The SMILES string of the molecule is Cc1ccc2cccc(NC(=O)C3COCCN3)c2n1. The highest BCUT2D eigenvalue weighted by molar-refractivity contribution is 6.02. The van der Waals surface area contributed by atoms with Crippen molar-refractivity contribution in [2.75, 3.05) is 25.1 Å². The number of para-hydroxylation sites is 1. The Labute approximate surface area is 117 Å². The zero-order valence-corrected chi connectivity index (χ0v) is 11.3. The predicted octanol–water partition coefficient (Wildman–Crippen LogP) is 1.47. The van der Waals surface area contributed by atoms with Crippen molar-refractivity contribution in [3.8, 4) is 0 Å². The third-order valence-electron chi connectivity index (χ3n) is 3.36. The summed E-state index contributed by atoms with van der Waals surface area (Å²) in [4.78, 5) is 16.7. The summed E-state index contributed by atoms with van der Waals surface area (Å²) < 4.78 is 5.31. The summed E-state index contributed by atoms with van der Waals surface area (Å²) in [6.07, 6.45) is 0. The number of ether oxygens (including phenoxy) is 1. The van der Waals surface area contributed by atoms with E-state index in [9.17, 15) is 4.79 Å². The Kier molecular flexibility index (Phi) is 3.62. The highest BCUT2D eigenvalue weighted by Crippen LogP contribution is 2.21. The van der Waals surface area contributed by atoms with E-state index >= 15 is 0 Å². The summed E-state index contributed by atoms with van der Waals surface area (Å²) in [6, 6.07) is 9.44. The van der Waals surface area contributed by atoms with Gasteiger partial charge in [-0.2, -0.15) is 0 Å². The Morgan fingerprint density at radius 1 is 1.40 bits per heavy atom. The predicted molar refractivity (Wildman–Crippen MR) is 77.7 cm³/mol. The molecule has 1 fully saturated rings. The van der Waals surface area contributed by atoms with Crippen LogP contribution in [0.1, 0.15) is 5.69 Å². The van der Waals surface area contributed by atoms with Crippen LogP contribution < -0.4 is 10.6 Å². The first-order valence-electron chi connectivity index (χ1n) is 6.72. The molecule has 0 bridgehead atoms. The first-order chi connectivity index (χ1) is 9.74. The molecule has 0 spiro atoms. The van der Waals surface area contributed by atoms with E-state index in [-0.39, 0.29) is 11.9 Å². The van der Waals surface area contributed by atoms with Crippen LogP contribution >= 0.6 is 0 Å². The number of amides is 1. The first-order valence-corrected chi connectivity index (χ1v) is 6.72. The van der Waals surface area contributed by atoms with Crippen molar-refractivity contribution in [3.63, 3.8) is 0 Å². The van der Waals surface area contributed by atoms with Gasteiger partial charge in [0, 0.05) is 17.6 Å². The van der Waals surface area contributed by atoms with Crippen LogP contribution in [0.25, 0.3) is 10.9 Å². The van der Waals surface area contributed by atoms with Crippen molar-refractivity contribution >= 4 is 22.5 Å². The lowest BCUT2D eigenvalue weighted by Crippen LogP contribution is -2.48. The zero-order valence-electron chi connectivity index (χ0n) is 11.3. The number of carbonyl (C=O) groups is 1. The van der Waals surface area contributed by atoms with Crippen LogP contribution in [-0.2, 0) is 9.53 Å². The number of nitrogens with one attached hydrogen (secondary N) is 2. The van der Waals surface area contributed by atoms with Gasteiger partial charge in [0.25, 0.3) is 0 Å². The molecule has 5 heteroatoms. The van der Waals surface area contributed by atoms with Crippen LogP contribution in [0.3, 0.4) is 0 Å². The van der Waals surface area contributed by atoms with Crippen molar-refractivity contribution in [1.82, 2.24) is 10.3 Å². The molecule has 5 nitrogen and oxygen atoms in total. The Morgan fingerprint density at radius 2 is 2.30 bits per heavy atom. The maximum Gasteiger partial charge on any atom is 0.243 e. The van der Waals surface area contributed by atoms with Gasteiger partial charge in [0.1, 0.15) is 6.04 Å². The minimum atomic E-state index is -0.302. The molecule has 1 aliphatic rings. The Morgan fingerprint density at radius 3 is 3.10 bits per heavy atom. The van der Waals surface area contributed by atoms with E-state index in [1.54, 1.807) is 0 Å². The van der Waals surface area contributed by atoms with E-state index in [0.29, 0.717) is 19.8 Å². The van der Waals surface area contributed by atoms with Crippen LogP contribution in [0.4, 0.5) is 5.69 Å². The van der Waals surface area contributed by atoms with Crippen LogP contribution in [0.2, 0.25) is 0 Å². The van der Waals surface area contributed by atoms with Crippen LogP contribution in [0.15, 0.2) is 30.3 Å². The van der Waals surface area contributed by atoms with Crippen molar-refractivity contribution in [2.45, 2.75) is 13.0 Å². The molecule has 1 amide bonds. The van der Waals surface area contributed by atoms with Crippen LogP contribution in [0, 0.1) is 6.92 Å². The second-order valence-corrected chi connectivity index (χ2v) is 4.90. The van der Waals surface area contributed by atoms with Gasteiger partial charge in [-0.05, 0) is 19.1 Å². The first kappa shape index (κ1) is 13.0. The minimum Gasteiger partial charge on any atom is -0.378 e. The lowest BCUT2D eigenvalue weighted by molar-refractivity contribution is -0.120. The highest BCUT2D eigenvalue weighted by atomic mass is 16.5. The molecule has 2 heterocycles. The topological polar surface area (TPSA) is 63.2 Å². The number of hydrogen-bond acceptors (Lipinski definition) is 4. The molecule has 2 N–H and O–H groups in total. The summed E-state index contributed by atoms with van der Waals surface area (Å²) in [5.41, 5.74) is 2.49. The minimum absolute atomic E-state index is 0.0829. The van der Waals surface area contributed by atoms with Gasteiger partial charge in [0.15, 0.2) is 0 Å². The fourth-order valence-electron chi connectivity index (χ4n) is 2.30. The molecule has 20 heavy (non-hydrogen) atoms. The van der Waals surface area contributed by atoms with Gasteiger partial charge >= 0.3 is 0 Å². The summed E-state index contributed by atoms with van der Waals surface area (Å²) >= 11 is 0. The number of anilines is 1. The molecular formula is C15H17N3O2. The second-order valence-electron chi connectivity index (χ2n) is 4.90. The number of nitrogens with zero attached hydrogens (tertiary/aromatic N) is 1. The number of rotatable bonds is 2. The standard InChI is InChI=1S/C15H17N3O2/c1-10-5-6-11-3-2-4-12(14(11)17-10)18-15(19)13-9-20-8-7-16-13/h2-6,13,16H,7-9H2,1H3,(H,18,19). The van der Waals surface area contributed by atoms with Gasteiger partial charge in [0.2, 0.25) is 5.91 Å². The van der Waals surface area contributed by atoms with E-state index in [4.69, 9.17) is 4.74 Å². The monoisotopic (exact) mass is 271 g/mol. The average molecular weight is 271 g/mol. The summed E-state index contributed by atoms with van der Waals surface area (Å²) in [7, 11) is 0. The summed E-state index contributed by atoms with van der Waals surface area (Å²) in [6.45, 7) is 3.70. The van der Waals surface area contributed by atoms with Gasteiger partial charge in [-0.1, -0.05) is 18.2 Å². The maximum atomic E-state index is 12.2. The zero-order chi connectivity index (χ0) is 13.9. The van der Waals surface area contributed by atoms with Gasteiger partial charge in [0.05, 0.1) is 24.4 Å². The summed E-state index contributed by atoms with van der Waals surface area (Å²) in [5.74, 6) is -0.0829. The molecule has 1 aromatic carbocycles. The maximum absolute atomic E-state index is 12.2. The van der Waals surface area contributed by atoms with Gasteiger partial charge in [-0.3, -0.25) is 9.78 Å². The molecule has 2 aromatic rings. The fraction of sp³-hybridized carbons (Fsp3) is 0.333. The van der Waals surface area contributed by atoms with Gasteiger partial charge in [-0.25, -0.2) is 0 Å². The third-order valence-corrected chi connectivity index (χ3v) is 3.36. The number of fused-ring (bicyclic) bond motifs is 1. The number of morpholine rings is 1. The van der Waals surface area contributed by atoms with E-state index < -0.39 is 0 Å². The number of aryl methyl sites for hydroxylation is 1. The number of benzene rings is 1. The van der Waals surface area contributed by atoms with E-state index in [1.807, 2.05) is 37.3 Å². The molecule has 1 saturated heterocycles. The number of aromatic nitrogens is 1. The largest absolute Gasteiger partial charge is 0.378 e. The van der Waals surface area contributed by atoms with E-state index in [1.165, 1.54) is 0 Å². The lowest BCUT2D eigenvalue weighted by Gasteiger charge is -2.23. The fourth-order valence-corrected chi connectivity index (χ4v) is 2.30. The molecule has 0 aliphatic carbocycles. The van der Waals surface area contributed by atoms with Gasteiger partial charge < -0.3 is 15.4 Å². The van der Waals surface area contributed by atoms with Crippen LogP contribution in [0.5, 0.6) is 0 Å². The smallest absolute Gasteiger partial charge is 0.243 e. The lowest BCUT2D eigenvalue weighted by atomic mass is 10.1. The molecule has 0 saturated carbocycles. The Bertz CT molecular complexity index is 636. The molecule has 0 radical (unpaired) electrons. The second kappa shape index (κ2) is 5.56. The molecule has 1 aromatic heterocycles. The highest BCUT2D eigenvalue weighted by Gasteiger charge is 2.21. The van der Waals surface area contributed by atoms with Crippen LogP contribution in [-0.4, -0.2) is 36.7 Å².